The summed E-state index contributed by atoms with van der Waals surface area (Å²) in [6, 6.07) is 12.0. The molecule has 2 aromatic rings. The molecule has 0 aliphatic carbocycles. The molecule has 7 heteroatoms. The molecular weight excluding hydrogens is 341 g/mol. The monoisotopic (exact) mass is 363 g/mol. The summed E-state index contributed by atoms with van der Waals surface area (Å²) >= 11 is 0. The van der Waals surface area contributed by atoms with Gasteiger partial charge in [-0.1, -0.05) is 51.4 Å². The van der Waals surface area contributed by atoms with Gasteiger partial charge in [0.05, 0.1) is 10.6 Å². The van der Waals surface area contributed by atoms with Crippen LogP contribution in [0.15, 0.2) is 47.4 Å². The zero-order chi connectivity index (χ0) is 17.7. The second-order valence-electron chi connectivity index (χ2n) is 5.37. The van der Waals surface area contributed by atoms with Crippen LogP contribution in [-0.4, -0.2) is 16.9 Å². The number of benzene rings is 2. The van der Waals surface area contributed by atoms with Gasteiger partial charge in [0.15, 0.2) is 9.92 Å². The zero-order valence-corrected chi connectivity index (χ0v) is 15.8. The van der Waals surface area contributed by atoms with Gasteiger partial charge in [-0.25, -0.2) is 18.5 Å². The van der Waals surface area contributed by atoms with Gasteiger partial charge in [-0.05, 0) is 43.0 Å². The third-order valence-electron chi connectivity index (χ3n) is 3.63. The molecule has 2 atom stereocenters. The summed E-state index contributed by atoms with van der Waals surface area (Å²) in [6.45, 7) is 5.96. The highest BCUT2D eigenvalue weighted by Crippen LogP contribution is 2.20. The van der Waals surface area contributed by atoms with Crippen LogP contribution in [0.4, 0.5) is 10.5 Å². The molecule has 0 fully saturated rings. The molecule has 3 N–H and O–H groups in total. The maximum atomic E-state index is 12.5. The SMILES string of the molecule is CCc1cccc(PC)c1NC(=O)NS(=N)(=O)c1ccc(C)cc1. The van der Waals surface area contributed by atoms with E-state index in [0.29, 0.717) is 8.58 Å². The first-order valence-corrected chi connectivity index (χ1v) is 10.7. The second-order valence-corrected chi connectivity index (χ2v) is 8.20. The van der Waals surface area contributed by atoms with Crippen molar-refractivity contribution in [3.63, 3.8) is 0 Å². The van der Waals surface area contributed by atoms with Gasteiger partial charge in [-0.2, -0.15) is 0 Å². The predicted molar refractivity (Wildman–Crippen MR) is 102 cm³/mol. The normalized spacial score (nSPS) is 13.6. The lowest BCUT2D eigenvalue weighted by atomic mass is 10.1. The van der Waals surface area contributed by atoms with Crippen LogP contribution in [0.5, 0.6) is 0 Å². The number of aryl methyl sites for hydroxylation is 2. The smallest absolute Gasteiger partial charge is 0.306 e. The van der Waals surface area contributed by atoms with Crippen molar-refractivity contribution in [2.75, 3.05) is 12.0 Å². The summed E-state index contributed by atoms with van der Waals surface area (Å²) in [5.74, 6) is 0. The molecule has 0 spiro atoms. The minimum absolute atomic E-state index is 0.282. The van der Waals surface area contributed by atoms with E-state index >= 15 is 0 Å². The highest BCUT2D eigenvalue weighted by molar-refractivity contribution is 7.91. The van der Waals surface area contributed by atoms with Crippen molar-refractivity contribution in [2.24, 2.45) is 0 Å². The fourth-order valence-electron chi connectivity index (χ4n) is 2.31. The summed E-state index contributed by atoms with van der Waals surface area (Å²) in [5, 5.41) is 3.81. The predicted octanol–water partition coefficient (Wildman–Crippen LogP) is 3.63. The van der Waals surface area contributed by atoms with Gasteiger partial charge in [0.2, 0.25) is 0 Å². The Morgan fingerprint density at radius 1 is 1.21 bits per heavy atom. The van der Waals surface area contributed by atoms with Crippen LogP contribution in [-0.2, 0) is 16.3 Å². The van der Waals surface area contributed by atoms with E-state index in [9.17, 15) is 9.00 Å². The summed E-state index contributed by atoms with van der Waals surface area (Å²) < 4.78 is 22.8. The van der Waals surface area contributed by atoms with Crippen molar-refractivity contribution in [2.45, 2.75) is 25.2 Å². The Bertz CT molecular complexity index is 811. The molecule has 0 radical (unpaired) electrons. The number of carbonyl (C=O) groups excluding carboxylic acids is 1. The minimum atomic E-state index is -3.40. The average Bonchev–Trinajstić information content (AvgIpc) is 2.54. The van der Waals surface area contributed by atoms with Gasteiger partial charge >= 0.3 is 6.03 Å². The third-order valence-corrected chi connectivity index (χ3v) is 5.99. The maximum absolute atomic E-state index is 12.5. The number of carbonyl (C=O) groups is 1. The maximum Gasteiger partial charge on any atom is 0.331 e. The topological polar surface area (TPSA) is 82.1 Å². The van der Waals surface area contributed by atoms with Crippen LogP contribution in [0.3, 0.4) is 0 Å². The van der Waals surface area contributed by atoms with Crippen molar-refractivity contribution >= 4 is 35.5 Å². The van der Waals surface area contributed by atoms with Crippen molar-refractivity contribution in [3.05, 3.63) is 53.6 Å². The Balaban J connectivity index is 2.21. The Kier molecular flexibility index (Phi) is 5.97. The van der Waals surface area contributed by atoms with Crippen LogP contribution < -0.4 is 15.3 Å². The molecule has 0 aliphatic rings. The minimum Gasteiger partial charge on any atom is -0.306 e. The fourth-order valence-corrected chi connectivity index (χ4v) is 3.99. The van der Waals surface area contributed by atoms with E-state index in [4.69, 9.17) is 4.78 Å². The average molecular weight is 363 g/mol. The van der Waals surface area contributed by atoms with Crippen molar-refractivity contribution in [1.29, 1.82) is 4.78 Å². The Morgan fingerprint density at radius 3 is 2.46 bits per heavy atom. The van der Waals surface area contributed by atoms with Gasteiger partial charge in [0, 0.05) is 0 Å². The summed E-state index contributed by atoms with van der Waals surface area (Å²) in [7, 11) is -2.87. The Hall–Kier alpha value is -1.91. The number of nitrogens with one attached hydrogen (secondary N) is 3. The lowest BCUT2D eigenvalue weighted by molar-refractivity contribution is 0.257. The standard InChI is InChI=1S/C17H22N3O2PS/c1-4-13-6-5-7-15(23-3)16(13)19-17(21)20-24(18,22)14-10-8-12(2)9-11-14/h5-11,23H,4H2,1-3H3,(H3,18,19,20,21,22). The quantitative estimate of drug-likeness (QED) is 0.709. The number of hydrogen-bond acceptors (Lipinski definition) is 3. The fraction of sp³-hybridized carbons (Fsp3) is 0.235. The van der Waals surface area contributed by atoms with Crippen LogP contribution in [0, 0.1) is 11.7 Å². The van der Waals surface area contributed by atoms with Gasteiger partial charge in [0.25, 0.3) is 0 Å². The molecule has 24 heavy (non-hydrogen) atoms. The molecule has 0 aromatic heterocycles. The molecule has 2 amide bonds. The Labute approximate surface area is 145 Å². The number of para-hydroxylation sites is 1. The molecular formula is C17H22N3O2PS. The summed E-state index contributed by atoms with van der Waals surface area (Å²) in [4.78, 5) is 12.6. The van der Waals surface area contributed by atoms with E-state index in [1.807, 2.05) is 38.7 Å². The Morgan fingerprint density at radius 2 is 1.88 bits per heavy atom. The van der Waals surface area contributed by atoms with Gasteiger partial charge in [-0.15, -0.1) is 0 Å². The highest BCUT2D eigenvalue weighted by Gasteiger charge is 2.16. The number of rotatable bonds is 5. The van der Waals surface area contributed by atoms with Crippen LogP contribution >= 0.6 is 8.58 Å². The molecule has 0 aliphatic heterocycles. The van der Waals surface area contributed by atoms with E-state index in [2.05, 4.69) is 10.0 Å². The molecule has 128 valence electrons. The molecule has 2 aromatic carbocycles. The van der Waals surface area contributed by atoms with Gasteiger partial charge in [0.1, 0.15) is 0 Å². The molecule has 0 saturated carbocycles. The van der Waals surface area contributed by atoms with Crippen molar-refractivity contribution in [3.8, 4) is 0 Å². The number of hydrogen-bond donors (Lipinski definition) is 3. The lowest BCUT2D eigenvalue weighted by Crippen LogP contribution is -2.35. The van der Waals surface area contributed by atoms with E-state index < -0.39 is 15.9 Å². The molecule has 2 unspecified atom stereocenters. The van der Waals surface area contributed by atoms with Gasteiger partial charge < -0.3 is 5.32 Å². The third kappa shape index (κ3) is 4.34. The molecule has 2 rings (SSSR count). The van der Waals surface area contributed by atoms with Gasteiger partial charge in [-0.3, -0.25) is 0 Å². The van der Waals surface area contributed by atoms with Crippen LogP contribution in [0.25, 0.3) is 0 Å². The number of urea groups is 1. The first-order valence-electron chi connectivity index (χ1n) is 7.61. The molecule has 0 heterocycles. The molecule has 5 nitrogen and oxygen atoms in total. The van der Waals surface area contributed by atoms with Crippen molar-refractivity contribution in [1.82, 2.24) is 4.72 Å². The first kappa shape index (κ1) is 18.4. The van der Waals surface area contributed by atoms with Crippen LogP contribution in [0.2, 0.25) is 0 Å². The molecule has 0 bridgehead atoms. The van der Waals surface area contributed by atoms with E-state index in [-0.39, 0.29) is 4.90 Å². The lowest BCUT2D eigenvalue weighted by Gasteiger charge is -2.16. The number of amides is 2. The van der Waals surface area contributed by atoms with E-state index in [1.165, 1.54) is 0 Å². The first-order chi connectivity index (χ1) is 11.4. The second kappa shape index (κ2) is 7.77. The van der Waals surface area contributed by atoms with E-state index in [0.717, 1.165) is 28.5 Å². The highest BCUT2D eigenvalue weighted by atomic mass is 32.2. The zero-order valence-electron chi connectivity index (χ0n) is 14.0. The number of anilines is 1. The summed E-state index contributed by atoms with van der Waals surface area (Å²) in [6.07, 6.45) is 0.780. The summed E-state index contributed by atoms with van der Waals surface area (Å²) in [5.41, 5.74) is 2.77. The van der Waals surface area contributed by atoms with Crippen LogP contribution in [0.1, 0.15) is 18.1 Å². The molecule has 0 saturated heterocycles. The largest absolute Gasteiger partial charge is 0.331 e. The van der Waals surface area contributed by atoms with Crippen molar-refractivity contribution < 1.29 is 9.00 Å². The van der Waals surface area contributed by atoms with E-state index in [1.54, 1.807) is 24.3 Å².